The molecule has 4 nitrogen and oxygen atoms in total. The monoisotopic (exact) mass is 344 g/mol. The van der Waals surface area contributed by atoms with E-state index in [1.54, 1.807) is 0 Å². The first-order valence-corrected chi connectivity index (χ1v) is 9.76. The molecule has 1 heterocycles. The van der Waals surface area contributed by atoms with E-state index >= 15 is 0 Å². The van der Waals surface area contributed by atoms with Crippen LogP contribution in [0.4, 0.5) is 0 Å². The van der Waals surface area contributed by atoms with Crippen molar-refractivity contribution in [3.8, 4) is 0 Å². The summed E-state index contributed by atoms with van der Waals surface area (Å²) in [4.78, 5) is 14.3. The number of amides is 1. The van der Waals surface area contributed by atoms with Gasteiger partial charge in [0.1, 0.15) is 0 Å². The molecule has 2 aliphatic rings. The first kappa shape index (κ1) is 18.4. The Bertz CT molecular complexity index is 567. The lowest BCUT2D eigenvalue weighted by atomic mass is 9.78. The Morgan fingerprint density at radius 1 is 1.24 bits per heavy atom. The number of likely N-dealkylation sites (tertiary alicyclic amines) is 1. The summed E-state index contributed by atoms with van der Waals surface area (Å²) in [7, 11) is 0. The fourth-order valence-electron chi connectivity index (χ4n) is 4.63. The molecule has 1 aromatic rings. The molecule has 0 spiro atoms. The number of carbonyl (C=O) groups excluding carboxylic acids is 1. The highest BCUT2D eigenvalue weighted by Crippen LogP contribution is 2.38. The van der Waals surface area contributed by atoms with Crippen LogP contribution in [0.2, 0.25) is 0 Å². The van der Waals surface area contributed by atoms with Crippen molar-refractivity contribution in [3.63, 3.8) is 0 Å². The number of benzene rings is 1. The van der Waals surface area contributed by atoms with E-state index in [2.05, 4.69) is 22.3 Å². The standard InChI is InChI=1S/C21H32N2O2/c1-16(24)22-20-19(18-11-7-4-8-12-18)23(14-13-21(20,2)25)15-17-9-5-3-6-10-17/h4,7-8,11-12,17,19-20,25H,3,5-6,9-10,13-15H2,1-2H3,(H,22,24)/t19-,20-,21+/m0/s1. The van der Waals surface area contributed by atoms with E-state index in [1.807, 2.05) is 25.1 Å². The number of carbonyl (C=O) groups is 1. The number of aliphatic hydroxyl groups is 1. The van der Waals surface area contributed by atoms with Gasteiger partial charge in [0.05, 0.1) is 17.7 Å². The maximum atomic E-state index is 11.8. The second-order valence-corrected chi connectivity index (χ2v) is 8.14. The third-order valence-electron chi connectivity index (χ3n) is 6.00. The number of hydrogen-bond donors (Lipinski definition) is 2. The van der Waals surface area contributed by atoms with Crippen LogP contribution in [0.3, 0.4) is 0 Å². The predicted molar refractivity (Wildman–Crippen MR) is 100 cm³/mol. The van der Waals surface area contributed by atoms with Crippen molar-refractivity contribution in [2.24, 2.45) is 5.92 Å². The van der Waals surface area contributed by atoms with Crippen LogP contribution in [-0.2, 0) is 4.79 Å². The van der Waals surface area contributed by atoms with Gasteiger partial charge >= 0.3 is 0 Å². The highest BCUT2D eigenvalue weighted by molar-refractivity contribution is 5.73. The molecular weight excluding hydrogens is 312 g/mol. The maximum absolute atomic E-state index is 11.8. The van der Waals surface area contributed by atoms with Crippen molar-refractivity contribution in [1.29, 1.82) is 0 Å². The normalized spacial score (nSPS) is 31.6. The molecule has 2 N–H and O–H groups in total. The highest BCUT2D eigenvalue weighted by atomic mass is 16.3. The zero-order valence-corrected chi connectivity index (χ0v) is 15.6. The van der Waals surface area contributed by atoms with E-state index < -0.39 is 5.60 Å². The summed E-state index contributed by atoms with van der Waals surface area (Å²) in [6, 6.07) is 10.1. The SMILES string of the molecule is CC(=O)N[C@H]1[C@H](c2ccccc2)N(CC2CCCCC2)CC[C@@]1(C)O. The largest absolute Gasteiger partial charge is 0.388 e. The number of piperidine rings is 1. The Balaban J connectivity index is 1.88. The van der Waals surface area contributed by atoms with E-state index in [1.165, 1.54) is 44.6 Å². The smallest absolute Gasteiger partial charge is 0.217 e. The highest BCUT2D eigenvalue weighted by Gasteiger charge is 2.46. The van der Waals surface area contributed by atoms with Crippen molar-refractivity contribution >= 4 is 5.91 Å². The van der Waals surface area contributed by atoms with Crippen LogP contribution in [-0.4, -0.2) is 40.6 Å². The van der Waals surface area contributed by atoms with Crippen LogP contribution in [0.5, 0.6) is 0 Å². The zero-order chi connectivity index (χ0) is 17.9. The van der Waals surface area contributed by atoms with Crippen molar-refractivity contribution < 1.29 is 9.90 Å². The number of hydrogen-bond acceptors (Lipinski definition) is 3. The van der Waals surface area contributed by atoms with Crippen LogP contribution < -0.4 is 5.32 Å². The Kier molecular flexibility index (Phi) is 5.80. The van der Waals surface area contributed by atoms with Gasteiger partial charge in [-0.15, -0.1) is 0 Å². The first-order valence-electron chi connectivity index (χ1n) is 9.76. The van der Waals surface area contributed by atoms with Gasteiger partial charge in [-0.05, 0) is 37.7 Å². The molecule has 25 heavy (non-hydrogen) atoms. The van der Waals surface area contributed by atoms with Crippen LogP contribution in [0, 0.1) is 5.92 Å². The summed E-state index contributed by atoms with van der Waals surface area (Å²) in [6.07, 6.45) is 7.33. The quantitative estimate of drug-likeness (QED) is 0.881. The lowest BCUT2D eigenvalue weighted by Crippen LogP contribution is -2.62. The maximum Gasteiger partial charge on any atom is 0.217 e. The molecule has 0 unspecified atom stereocenters. The molecule has 138 valence electrons. The molecular formula is C21H32N2O2. The first-order chi connectivity index (χ1) is 12.0. The molecule has 0 radical (unpaired) electrons. The average Bonchev–Trinajstić information content (AvgIpc) is 2.59. The molecule has 1 aromatic carbocycles. The summed E-state index contributed by atoms with van der Waals surface area (Å²) in [5.41, 5.74) is 0.284. The predicted octanol–water partition coefficient (Wildman–Crippen LogP) is 3.27. The number of rotatable bonds is 4. The van der Waals surface area contributed by atoms with E-state index in [0.29, 0.717) is 6.42 Å². The molecule has 0 aromatic heterocycles. The molecule has 1 amide bonds. The minimum atomic E-state index is -0.894. The molecule has 0 bridgehead atoms. The van der Waals surface area contributed by atoms with Crippen molar-refractivity contribution in [3.05, 3.63) is 35.9 Å². The van der Waals surface area contributed by atoms with E-state index in [0.717, 1.165) is 19.0 Å². The molecule has 1 saturated heterocycles. The Hall–Kier alpha value is -1.39. The van der Waals surface area contributed by atoms with Crippen molar-refractivity contribution in [2.75, 3.05) is 13.1 Å². The van der Waals surface area contributed by atoms with Gasteiger partial charge in [0.15, 0.2) is 0 Å². The van der Waals surface area contributed by atoms with Crippen molar-refractivity contribution in [1.82, 2.24) is 10.2 Å². The molecule has 1 aliphatic heterocycles. The van der Waals surface area contributed by atoms with Crippen LogP contribution in [0.15, 0.2) is 30.3 Å². The third-order valence-corrected chi connectivity index (χ3v) is 6.00. The van der Waals surface area contributed by atoms with Crippen LogP contribution in [0.25, 0.3) is 0 Å². The second kappa shape index (κ2) is 7.88. The topological polar surface area (TPSA) is 52.6 Å². The third kappa shape index (κ3) is 4.42. The summed E-state index contributed by atoms with van der Waals surface area (Å²) < 4.78 is 0. The van der Waals surface area contributed by atoms with Gasteiger partial charge in [0.25, 0.3) is 0 Å². The van der Waals surface area contributed by atoms with E-state index in [9.17, 15) is 9.90 Å². The Labute approximate surface area is 151 Å². The molecule has 3 rings (SSSR count). The van der Waals surface area contributed by atoms with Gasteiger partial charge in [-0.3, -0.25) is 9.69 Å². The summed E-state index contributed by atoms with van der Waals surface area (Å²) in [5, 5.41) is 14.1. The summed E-state index contributed by atoms with van der Waals surface area (Å²) in [6.45, 7) is 5.34. The van der Waals surface area contributed by atoms with E-state index in [-0.39, 0.29) is 18.0 Å². The van der Waals surface area contributed by atoms with Crippen LogP contribution >= 0.6 is 0 Å². The fraction of sp³-hybridized carbons (Fsp3) is 0.667. The van der Waals surface area contributed by atoms with Gasteiger partial charge in [-0.25, -0.2) is 0 Å². The van der Waals surface area contributed by atoms with Gasteiger partial charge in [0, 0.05) is 20.0 Å². The summed E-state index contributed by atoms with van der Waals surface area (Å²) in [5.74, 6) is 0.659. The molecule has 1 saturated carbocycles. The van der Waals surface area contributed by atoms with Gasteiger partial charge in [-0.1, -0.05) is 49.6 Å². The molecule has 3 atom stereocenters. The zero-order valence-electron chi connectivity index (χ0n) is 15.6. The fourth-order valence-corrected chi connectivity index (χ4v) is 4.63. The Morgan fingerprint density at radius 2 is 1.92 bits per heavy atom. The molecule has 2 fully saturated rings. The number of nitrogens with zero attached hydrogens (tertiary/aromatic N) is 1. The average molecular weight is 344 g/mol. The second-order valence-electron chi connectivity index (χ2n) is 8.14. The molecule has 4 heteroatoms. The minimum Gasteiger partial charge on any atom is -0.388 e. The van der Waals surface area contributed by atoms with Gasteiger partial charge < -0.3 is 10.4 Å². The van der Waals surface area contributed by atoms with E-state index in [4.69, 9.17) is 0 Å². The Morgan fingerprint density at radius 3 is 2.56 bits per heavy atom. The minimum absolute atomic E-state index is 0.0239. The van der Waals surface area contributed by atoms with Gasteiger partial charge in [-0.2, -0.15) is 0 Å². The lowest BCUT2D eigenvalue weighted by molar-refractivity contribution is -0.126. The number of nitrogens with one attached hydrogen (secondary N) is 1. The van der Waals surface area contributed by atoms with Crippen LogP contribution in [0.1, 0.15) is 64.0 Å². The lowest BCUT2D eigenvalue weighted by Gasteiger charge is -2.50. The van der Waals surface area contributed by atoms with Gasteiger partial charge in [0.2, 0.25) is 5.91 Å². The van der Waals surface area contributed by atoms with Crippen molar-refractivity contribution in [2.45, 2.75) is 70.1 Å². The summed E-state index contributed by atoms with van der Waals surface area (Å²) >= 11 is 0. The molecule has 1 aliphatic carbocycles.